The fourth-order valence-corrected chi connectivity index (χ4v) is 4.61. The van der Waals surface area contributed by atoms with Gasteiger partial charge in [-0.3, -0.25) is 4.79 Å². The SMILES string of the molecule is CN1CCN(c2ccc(C(=O)NC3CCS(=O)(=O)C3)nc2)CC1. The quantitative estimate of drug-likeness (QED) is 0.818. The molecule has 0 aliphatic carbocycles. The third-order valence-corrected chi connectivity index (χ3v) is 6.18. The first-order valence-electron chi connectivity index (χ1n) is 7.84. The first-order chi connectivity index (χ1) is 10.9. The Balaban J connectivity index is 1.59. The number of amides is 1. The largest absolute Gasteiger partial charge is 0.368 e. The van der Waals surface area contributed by atoms with E-state index in [1.807, 2.05) is 6.07 Å². The monoisotopic (exact) mass is 338 g/mol. The van der Waals surface area contributed by atoms with E-state index in [-0.39, 0.29) is 23.5 Å². The van der Waals surface area contributed by atoms with E-state index in [1.54, 1.807) is 12.3 Å². The summed E-state index contributed by atoms with van der Waals surface area (Å²) >= 11 is 0. The Kier molecular flexibility index (Phi) is 4.54. The van der Waals surface area contributed by atoms with E-state index in [4.69, 9.17) is 0 Å². The van der Waals surface area contributed by atoms with Crippen LogP contribution in [0, 0.1) is 0 Å². The molecule has 1 aromatic heterocycles. The zero-order chi connectivity index (χ0) is 16.4. The number of pyridine rings is 1. The summed E-state index contributed by atoms with van der Waals surface area (Å²) in [5.41, 5.74) is 1.34. The smallest absolute Gasteiger partial charge is 0.270 e. The number of hydrogen-bond donors (Lipinski definition) is 1. The predicted octanol–water partition coefficient (Wildman–Crippen LogP) is -0.250. The molecule has 1 N–H and O–H groups in total. The van der Waals surface area contributed by atoms with Crippen LogP contribution in [0.1, 0.15) is 16.9 Å². The normalized spacial score (nSPS) is 24.6. The lowest BCUT2D eigenvalue weighted by molar-refractivity contribution is 0.0936. The van der Waals surface area contributed by atoms with Crippen molar-refractivity contribution in [3.05, 3.63) is 24.0 Å². The Labute approximate surface area is 136 Å². The Morgan fingerprint density at radius 2 is 2.00 bits per heavy atom. The summed E-state index contributed by atoms with van der Waals surface area (Å²) in [5.74, 6) is -0.136. The number of aromatic nitrogens is 1. The van der Waals surface area contributed by atoms with Crippen molar-refractivity contribution in [1.29, 1.82) is 0 Å². The number of sulfone groups is 1. The maximum absolute atomic E-state index is 12.2. The van der Waals surface area contributed by atoms with Gasteiger partial charge in [0, 0.05) is 32.2 Å². The minimum Gasteiger partial charge on any atom is -0.368 e. The van der Waals surface area contributed by atoms with Crippen LogP contribution in [-0.4, -0.2) is 75.0 Å². The molecule has 0 bridgehead atoms. The number of nitrogens with zero attached hydrogens (tertiary/aromatic N) is 3. The molecule has 8 heteroatoms. The number of piperazine rings is 1. The summed E-state index contributed by atoms with van der Waals surface area (Å²) in [4.78, 5) is 20.9. The van der Waals surface area contributed by atoms with Crippen LogP contribution < -0.4 is 10.2 Å². The van der Waals surface area contributed by atoms with Crippen LogP contribution in [0.5, 0.6) is 0 Å². The molecule has 1 atom stereocenters. The molecule has 3 rings (SSSR count). The number of hydrogen-bond acceptors (Lipinski definition) is 6. The lowest BCUT2D eigenvalue weighted by Gasteiger charge is -2.33. The van der Waals surface area contributed by atoms with Crippen LogP contribution in [0.15, 0.2) is 18.3 Å². The Hall–Kier alpha value is -1.67. The van der Waals surface area contributed by atoms with Gasteiger partial charge in [-0.25, -0.2) is 13.4 Å². The van der Waals surface area contributed by atoms with E-state index in [9.17, 15) is 13.2 Å². The molecule has 0 saturated carbocycles. The highest BCUT2D eigenvalue weighted by molar-refractivity contribution is 7.91. The molecular formula is C15H22N4O3S. The molecule has 2 saturated heterocycles. The standard InChI is InChI=1S/C15H22N4O3S/c1-18-5-7-19(8-6-18)13-2-3-14(16-10-13)15(20)17-12-4-9-23(21,22)11-12/h2-3,10,12H,4-9,11H2,1H3,(H,17,20). The first kappa shape index (κ1) is 16.2. The van der Waals surface area contributed by atoms with Crippen molar-refractivity contribution in [3.8, 4) is 0 Å². The Morgan fingerprint density at radius 3 is 2.57 bits per heavy atom. The average molecular weight is 338 g/mol. The van der Waals surface area contributed by atoms with Gasteiger partial charge >= 0.3 is 0 Å². The molecule has 2 aliphatic heterocycles. The number of rotatable bonds is 3. The van der Waals surface area contributed by atoms with E-state index in [1.165, 1.54) is 0 Å². The van der Waals surface area contributed by atoms with Crippen molar-refractivity contribution in [2.75, 3.05) is 49.6 Å². The van der Waals surface area contributed by atoms with Crippen LogP contribution in [0.2, 0.25) is 0 Å². The van der Waals surface area contributed by atoms with Crippen molar-refractivity contribution in [1.82, 2.24) is 15.2 Å². The number of anilines is 1. The van der Waals surface area contributed by atoms with E-state index in [0.29, 0.717) is 12.1 Å². The number of likely N-dealkylation sites (N-methyl/N-ethyl adjacent to an activating group) is 1. The molecule has 2 aliphatic rings. The summed E-state index contributed by atoms with van der Waals surface area (Å²) in [7, 11) is -0.891. The van der Waals surface area contributed by atoms with Gasteiger partial charge in [-0.1, -0.05) is 0 Å². The highest BCUT2D eigenvalue weighted by Crippen LogP contribution is 2.16. The van der Waals surface area contributed by atoms with Crippen molar-refractivity contribution in [2.24, 2.45) is 0 Å². The second-order valence-electron chi connectivity index (χ2n) is 6.27. The van der Waals surface area contributed by atoms with Crippen LogP contribution in [0.3, 0.4) is 0 Å². The molecule has 0 radical (unpaired) electrons. The first-order valence-corrected chi connectivity index (χ1v) is 9.66. The maximum atomic E-state index is 12.2. The lowest BCUT2D eigenvalue weighted by Crippen LogP contribution is -2.44. The lowest BCUT2D eigenvalue weighted by atomic mass is 10.2. The van der Waals surface area contributed by atoms with E-state index >= 15 is 0 Å². The summed E-state index contributed by atoms with van der Waals surface area (Å²) in [6, 6.07) is 3.30. The predicted molar refractivity (Wildman–Crippen MR) is 88.5 cm³/mol. The highest BCUT2D eigenvalue weighted by Gasteiger charge is 2.29. The topological polar surface area (TPSA) is 82.6 Å². The molecule has 0 aromatic carbocycles. The summed E-state index contributed by atoms with van der Waals surface area (Å²) in [6.45, 7) is 3.92. The van der Waals surface area contributed by atoms with E-state index in [0.717, 1.165) is 31.9 Å². The van der Waals surface area contributed by atoms with E-state index in [2.05, 4.69) is 27.1 Å². The van der Waals surface area contributed by atoms with Gasteiger partial charge < -0.3 is 15.1 Å². The summed E-state index contributed by atoms with van der Waals surface area (Å²) in [6.07, 6.45) is 2.19. The maximum Gasteiger partial charge on any atom is 0.270 e. The van der Waals surface area contributed by atoms with E-state index < -0.39 is 9.84 Å². The van der Waals surface area contributed by atoms with Crippen molar-refractivity contribution >= 4 is 21.4 Å². The van der Waals surface area contributed by atoms with Crippen molar-refractivity contribution in [2.45, 2.75) is 12.5 Å². The van der Waals surface area contributed by atoms with Gasteiger partial charge in [0.1, 0.15) is 5.69 Å². The van der Waals surface area contributed by atoms with Gasteiger partial charge in [0.15, 0.2) is 9.84 Å². The Bertz CT molecular complexity index is 666. The third-order valence-electron chi connectivity index (χ3n) is 4.42. The second kappa shape index (κ2) is 6.45. The molecule has 1 unspecified atom stereocenters. The van der Waals surface area contributed by atoms with Crippen LogP contribution in [-0.2, 0) is 9.84 Å². The highest BCUT2D eigenvalue weighted by atomic mass is 32.2. The molecule has 7 nitrogen and oxygen atoms in total. The fraction of sp³-hybridized carbons (Fsp3) is 0.600. The molecule has 0 spiro atoms. The van der Waals surface area contributed by atoms with Gasteiger partial charge in [-0.15, -0.1) is 0 Å². The number of nitrogens with one attached hydrogen (secondary N) is 1. The zero-order valence-electron chi connectivity index (χ0n) is 13.2. The molecule has 1 amide bonds. The van der Waals surface area contributed by atoms with Crippen molar-refractivity contribution in [3.63, 3.8) is 0 Å². The molecule has 23 heavy (non-hydrogen) atoms. The van der Waals surface area contributed by atoms with Gasteiger partial charge in [-0.2, -0.15) is 0 Å². The molecule has 1 aromatic rings. The zero-order valence-corrected chi connectivity index (χ0v) is 14.1. The van der Waals surface area contributed by atoms with Crippen LogP contribution >= 0.6 is 0 Å². The second-order valence-corrected chi connectivity index (χ2v) is 8.49. The minimum absolute atomic E-state index is 0.0259. The minimum atomic E-state index is -2.99. The van der Waals surface area contributed by atoms with Crippen molar-refractivity contribution < 1.29 is 13.2 Å². The Morgan fingerprint density at radius 1 is 1.26 bits per heavy atom. The third kappa shape index (κ3) is 4.00. The van der Waals surface area contributed by atoms with Gasteiger partial charge in [-0.05, 0) is 25.6 Å². The van der Waals surface area contributed by atoms with Crippen LogP contribution in [0.4, 0.5) is 5.69 Å². The fourth-order valence-electron chi connectivity index (χ4n) is 2.94. The number of carbonyl (C=O) groups is 1. The van der Waals surface area contributed by atoms with Gasteiger partial charge in [0.05, 0.1) is 23.4 Å². The molecule has 2 fully saturated rings. The molecule has 126 valence electrons. The van der Waals surface area contributed by atoms with Gasteiger partial charge in [0.2, 0.25) is 0 Å². The van der Waals surface area contributed by atoms with Gasteiger partial charge in [0.25, 0.3) is 5.91 Å². The summed E-state index contributed by atoms with van der Waals surface area (Å²) in [5, 5.41) is 2.75. The van der Waals surface area contributed by atoms with Crippen LogP contribution in [0.25, 0.3) is 0 Å². The number of carbonyl (C=O) groups excluding carboxylic acids is 1. The summed E-state index contributed by atoms with van der Waals surface area (Å²) < 4.78 is 22.9. The molecule has 3 heterocycles. The molecular weight excluding hydrogens is 316 g/mol. The average Bonchev–Trinajstić information content (AvgIpc) is 2.87.